The summed E-state index contributed by atoms with van der Waals surface area (Å²) in [4.78, 5) is 16.6. The van der Waals surface area contributed by atoms with Crippen LogP contribution in [0.3, 0.4) is 0 Å². The van der Waals surface area contributed by atoms with Crippen LogP contribution in [0.5, 0.6) is 0 Å². The number of hydrogen-bond donors (Lipinski definition) is 2. The van der Waals surface area contributed by atoms with Crippen LogP contribution in [-0.4, -0.2) is 21.5 Å². The molecule has 3 N–H and O–H groups in total. The molecule has 2 bridgehead atoms. The molecule has 2 unspecified atom stereocenters. The fraction of sp³-hybridized carbons (Fsp3) is 0.733. The van der Waals surface area contributed by atoms with Crippen molar-refractivity contribution in [3.63, 3.8) is 0 Å². The van der Waals surface area contributed by atoms with Crippen LogP contribution in [0.2, 0.25) is 0 Å². The zero-order chi connectivity index (χ0) is 14.1. The number of nitrogens with zero attached hydrogens (tertiary/aromatic N) is 2. The van der Waals surface area contributed by atoms with Gasteiger partial charge in [-0.15, -0.1) is 24.8 Å². The van der Waals surface area contributed by atoms with Crippen LogP contribution in [0, 0.1) is 17.8 Å². The lowest BCUT2D eigenvalue weighted by atomic mass is 9.65. The summed E-state index contributed by atoms with van der Waals surface area (Å²) >= 11 is 0. The number of carbonyl (C=O) groups excluding carboxylic acids is 1. The summed E-state index contributed by atoms with van der Waals surface area (Å²) in [6.07, 6.45) is 9.25. The predicted octanol–water partition coefficient (Wildman–Crippen LogP) is 2.03. The molecule has 2 aliphatic rings. The topological polar surface area (TPSA) is 72.9 Å². The third-order valence-electron chi connectivity index (χ3n) is 5.13. The number of aromatic nitrogens is 2. The van der Waals surface area contributed by atoms with Crippen molar-refractivity contribution in [2.75, 3.05) is 0 Å². The Balaban J connectivity index is 0.00000121. The molecule has 0 spiro atoms. The van der Waals surface area contributed by atoms with Crippen LogP contribution in [0.1, 0.15) is 37.9 Å². The minimum Gasteiger partial charge on any atom is -0.349 e. The maximum absolute atomic E-state index is 12.4. The van der Waals surface area contributed by atoms with E-state index in [0.29, 0.717) is 24.4 Å². The van der Waals surface area contributed by atoms with Crippen molar-refractivity contribution < 1.29 is 4.79 Å². The molecular formula is C15H26Cl2N4O. The molecular weight excluding hydrogens is 323 g/mol. The molecule has 2 fully saturated rings. The Hall–Kier alpha value is -0.780. The maximum atomic E-state index is 12.4. The summed E-state index contributed by atoms with van der Waals surface area (Å²) in [7, 11) is 1.94. The second-order valence-corrected chi connectivity index (χ2v) is 6.37. The zero-order valence-corrected chi connectivity index (χ0v) is 14.5. The van der Waals surface area contributed by atoms with Crippen LogP contribution < -0.4 is 11.1 Å². The molecule has 2 aliphatic carbocycles. The lowest BCUT2D eigenvalue weighted by Crippen LogP contribution is -2.49. The monoisotopic (exact) mass is 348 g/mol. The number of carbonyl (C=O) groups is 1. The van der Waals surface area contributed by atoms with Crippen molar-refractivity contribution >= 4 is 30.7 Å². The van der Waals surface area contributed by atoms with Gasteiger partial charge in [-0.25, -0.2) is 4.98 Å². The van der Waals surface area contributed by atoms with Gasteiger partial charge in [-0.05, 0) is 37.5 Å². The van der Waals surface area contributed by atoms with Gasteiger partial charge >= 0.3 is 0 Å². The van der Waals surface area contributed by atoms with Gasteiger partial charge in [0, 0.05) is 31.4 Å². The van der Waals surface area contributed by atoms with Crippen molar-refractivity contribution in [1.29, 1.82) is 0 Å². The van der Waals surface area contributed by atoms with E-state index in [1.165, 1.54) is 19.3 Å². The Morgan fingerprint density at radius 1 is 1.36 bits per heavy atom. The van der Waals surface area contributed by atoms with Gasteiger partial charge in [0.15, 0.2) is 0 Å². The number of imidazole rings is 1. The van der Waals surface area contributed by atoms with E-state index in [0.717, 1.165) is 18.7 Å². The van der Waals surface area contributed by atoms with Gasteiger partial charge in [0.1, 0.15) is 5.82 Å². The van der Waals surface area contributed by atoms with Gasteiger partial charge in [0.05, 0.1) is 6.54 Å². The third kappa shape index (κ3) is 3.94. The van der Waals surface area contributed by atoms with Gasteiger partial charge < -0.3 is 15.6 Å². The normalized spacial score (nSPS) is 29.9. The molecule has 22 heavy (non-hydrogen) atoms. The molecule has 1 aromatic rings. The highest BCUT2D eigenvalue weighted by Crippen LogP contribution is 2.41. The van der Waals surface area contributed by atoms with Crippen LogP contribution in [0.25, 0.3) is 0 Å². The lowest BCUT2D eigenvalue weighted by Gasteiger charge is -2.43. The average Bonchev–Trinajstić information content (AvgIpc) is 2.81. The zero-order valence-electron chi connectivity index (χ0n) is 12.9. The highest BCUT2D eigenvalue weighted by molar-refractivity contribution is 5.85. The van der Waals surface area contributed by atoms with E-state index in [1.54, 1.807) is 6.20 Å². The Kier molecular flexibility index (Phi) is 7.16. The summed E-state index contributed by atoms with van der Waals surface area (Å²) in [6.45, 7) is 0.514. The molecule has 1 amide bonds. The van der Waals surface area contributed by atoms with E-state index in [4.69, 9.17) is 5.73 Å². The number of amides is 1. The number of rotatable bonds is 3. The number of nitrogens with two attached hydrogens (primary N) is 1. The highest BCUT2D eigenvalue weighted by Gasteiger charge is 2.40. The first kappa shape index (κ1) is 19.3. The molecule has 2 atom stereocenters. The number of fused-ring (bicyclic) bond motifs is 2. The predicted molar refractivity (Wildman–Crippen MR) is 91.1 cm³/mol. The molecule has 1 aromatic heterocycles. The number of hydrogen-bond acceptors (Lipinski definition) is 3. The van der Waals surface area contributed by atoms with Crippen molar-refractivity contribution in [1.82, 2.24) is 14.9 Å². The van der Waals surface area contributed by atoms with Gasteiger partial charge in [-0.1, -0.05) is 6.42 Å². The SMILES string of the molecule is Cl.Cl.Cn1ccnc1CNC(=O)C1CC2CCCC(C1)C2N. The number of nitrogens with one attached hydrogen (secondary N) is 1. The van der Waals surface area contributed by atoms with Gasteiger partial charge in [0.2, 0.25) is 5.91 Å². The molecule has 2 saturated carbocycles. The largest absolute Gasteiger partial charge is 0.349 e. The van der Waals surface area contributed by atoms with Gasteiger partial charge in [-0.2, -0.15) is 0 Å². The second-order valence-electron chi connectivity index (χ2n) is 6.37. The molecule has 0 radical (unpaired) electrons. The lowest BCUT2D eigenvalue weighted by molar-refractivity contribution is -0.128. The number of halogens is 2. The highest BCUT2D eigenvalue weighted by atomic mass is 35.5. The molecule has 0 aromatic carbocycles. The van der Waals surface area contributed by atoms with Crippen LogP contribution in [0.15, 0.2) is 12.4 Å². The summed E-state index contributed by atoms with van der Waals surface area (Å²) in [5.74, 6) is 2.31. The molecule has 126 valence electrons. The quantitative estimate of drug-likeness (QED) is 0.877. The Morgan fingerprint density at radius 3 is 2.55 bits per heavy atom. The van der Waals surface area contributed by atoms with E-state index in [9.17, 15) is 4.79 Å². The molecule has 0 saturated heterocycles. The summed E-state index contributed by atoms with van der Waals surface area (Å²) < 4.78 is 1.94. The maximum Gasteiger partial charge on any atom is 0.223 e. The molecule has 1 heterocycles. The first-order valence-corrected chi connectivity index (χ1v) is 7.64. The Bertz CT molecular complexity index is 480. The van der Waals surface area contributed by atoms with E-state index in [2.05, 4.69) is 10.3 Å². The fourth-order valence-corrected chi connectivity index (χ4v) is 3.88. The average molecular weight is 349 g/mol. The summed E-state index contributed by atoms with van der Waals surface area (Å²) in [5.41, 5.74) is 6.27. The van der Waals surface area contributed by atoms with Gasteiger partial charge in [-0.3, -0.25) is 4.79 Å². The van der Waals surface area contributed by atoms with Crippen molar-refractivity contribution in [3.8, 4) is 0 Å². The molecule has 3 rings (SSSR count). The standard InChI is InChI=1S/C15H24N4O.2ClH/c1-19-6-5-17-13(19)9-18-15(20)12-7-10-3-2-4-11(8-12)14(10)16;;/h5-6,10-12,14H,2-4,7-9,16H2,1H3,(H,18,20);2*1H. The van der Waals surface area contributed by atoms with Crippen LogP contribution in [-0.2, 0) is 18.4 Å². The van der Waals surface area contributed by atoms with Crippen molar-refractivity contribution in [2.45, 2.75) is 44.7 Å². The van der Waals surface area contributed by atoms with Crippen LogP contribution >= 0.6 is 24.8 Å². The first-order chi connectivity index (χ1) is 9.65. The van der Waals surface area contributed by atoms with Crippen LogP contribution in [0.4, 0.5) is 0 Å². The van der Waals surface area contributed by atoms with E-state index in [1.807, 2.05) is 17.8 Å². The van der Waals surface area contributed by atoms with Gasteiger partial charge in [0.25, 0.3) is 0 Å². The first-order valence-electron chi connectivity index (χ1n) is 7.64. The summed E-state index contributed by atoms with van der Waals surface area (Å²) in [6, 6.07) is 0.322. The molecule has 5 nitrogen and oxygen atoms in total. The van der Waals surface area contributed by atoms with E-state index in [-0.39, 0.29) is 36.6 Å². The minimum absolute atomic E-state index is 0. The van der Waals surface area contributed by atoms with E-state index < -0.39 is 0 Å². The minimum atomic E-state index is 0. The Labute approximate surface area is 144 Å². The molecule has 0 aliphatic heterocycles. The Morgan fingerprint density at radius 2 is 2.00 bits per heavy atom. The molecule has 7 heteroatoms. The van der Waals surface area contributed by atoms with Crippen molar-refractivity contribution in [2.24, 2.45) is 30.5 Å². The summed E-state index contributed by atoms with van der Waals surface area (Å²) in [5, 5.41) is 3.04. The smallest absolute Gasteiger partial charge is 0.223 e. The second kappa shape index (κ2) is 8.18. The van der Waals surface area contributed by atoms with Crippen molar-refractivity contribution in [3.05, 3.63) is 18.2 Å². The number of aryl methyl sites for hydroxylation is 1. The third-order valence-corrected chi connectivity index (χ3v) is 5.13. The fourth-order valence-electron chi connectivity index (χ4n) is 3.88. The van der Waals surface area contributed by atoms with E-state index >= 15 is 0 Å².